The molecule has 0 amide bonds. The highest BCUT2D eigenvalue weighted by Crippen LogP contribution is 2.51. The van der Waals surface area contributed by atoms with Gasteiger partial charge in [-0.15, -0.1) is 0 Å². The number of H-pyrrole nitrogens is 2. The summed E-state index contributed by atoms with van der Waals surface area (Å²) in [6.07, 6.45) is -6.20. The standard InChI is InChI=1S/C20H29N4O13PS/c1-8-5-23(18(30)21-15(8)27)12-3-10(26)14(37-12)17(29)39(38(33,34)35)20(32)4-13(36-11(20)7-25)24-6-9(2)16(28)22-19(24)31/h5-6,10-14,17,25-26,29,32-35H,3-4,7H2,1-2H3,(H,21,27,30)(H,22,28,31)/t10-,11+,12+,13+,14-,17?,20+,39?/m0/s1. The third-order valence-electron chi connectivity index (χ3n) is 6.64. The Labute approximate surface area is 220 Å². The summed E-state index contributed by atoms with van der Waals surface area (Å²) in [6.45, 7) is -3.35. The third-order valence-corrected chi connectivity index (χ3v) is 12.2. The second-order valence-electron chi connectivity index (χ2n) is 9.34. The quantitative estimate of drug-likeness (QED) is 0.144. The van der Waals surface area contributed by atoms with Crippen molar-refractivity contribution in [2.75, 3.05) is 6.61 Å². The number of nitrogens with zero attached hydrogens (tertiary/aromatic N) is 2. The molecule has 0 aliphatic carbocycles. The van der Waals surface area contributed by atoms with Crippen molar-refractivity contribution in [2.24, 2.45) is 0 Å². The first kappa shape index (κ1) is 29.8. The van der Waals surface area contributed by atoms with E-state index in [1.54, 1.807) is 0 Å². The van der Waals surface area contributed by atoms with Crippen molar-refractivity contribution in [1.82, 2.24) is 19.1 Å². The second-order valence-corrected chi connectivity index (χ2v) is 14.8. The number of aliphatic hydroxyl groups excluding tert-OH is 3. The van der Waals surface area contributed by atoms with E-state index in [0.717, 1.165) is 15.3 Å². The highest BCUT2D eigenvalue weighted by Gasteiger charge is 2.57. The molecule has 4 rings (SSSR count). The SMILES string of the molecule is Cc1cn([C@H]2C[C@H](O)[C@@H](C(O)S([C@]3(O)C[C@H](n4cc(C)c(=O)[nH]c4=O)O[C@@H]3CO)=P(O)(O)O)O2)c(=O)[nH]c1=O. The zero-order valence-corrected chi connectivity index (χ0v) is 22.3. The van der Waals surface area contributed by atoms with Crippen LogP contribution in [0.3, 0.4) is 0 Å². The maximum absolute atomic E-state index is 12.4. The average molecular weight is 597 g/mol. The lowest BCUT2D eigenvalue weighted by atomic mass is 10.1. The zero-order chi connectivity index (χ0) is 29.0. The van der Waals surface area contributed by atoms with Gasteiger partial charge in [0.05, 0.1) is 12.7 Å². The number of aryl methyl sites for hydroxylation is 2. The molecule has 0 bridgehead atoms. The Morgan fingerprint density at radius 1 is 1.03 bits per heavy atom. The van der Waals surface area contributed by atoms with Gasteiger partial charge in [-0.3, -0.25) is 28.7 Å². The topological polar surface area (TPSA) is 270 Å². The molecule has 2 saturated heterocycles. The van der Waals surface area contributed by atoms with Crippen molar-refractivity contribution in [3.05, 3.63) is 65.2 Å². The van der Waals surface area contributed by atoms with Crippen LogP contribution >= 0.6 is 6.72 Å². The van der Waals surface area contributed by atoms with Gasteiger partial charge in [0, 0.05) is 36.4 Å². The number of hydrogen-bond acceptors (Lipinski definition) is 10. The van der Waals surface area contributed by atoms with E-state index in [0.29, 0.717) is 0 Å². The van der Waals surface area contributed by atoms with E-state index in [4.69, 9.17) is 9.47 Å². The molecule has 0 radical (unpaired) electrons. The van der Waals surface area contributed by atoms with Gasteiger partial charge in [0.25, 0.3) is 17.8 Å². The predicted octanol–water partition coefficient (Wildman–Crippen LogP) is -4.09. The lowest BCUT2D eigenvalue weighted by molar-refractivity contribution is -0.0655. The molecule has 2 aliphatic rings. The van der Waals surface area contributed by atoms with E-state index in [1.165, 1.54) is 20.0 Å². The van der Waals surface area contributed by atoms with Crippen molar-refractivity contribution in [2.45, 2.75) is 67.8 Å². The Kier molecular flexibility index (Phi) is 8.12. The van der Waals surface area contributed by atoms with Crippen LogP contribution in [0.1, 0.15) is 36.4 Å². The van der Waals surface area contributed by atoms with Crippen LogP contribution in [0.25, 0.3) is 0 Å². The number of nitrogens with one attached hydrogen (secondary N) is 2. The van der Waals surface area contributed by atoms with Gasteiger partial charge in [0.2, 0.25) is 0 Å². The van der Waals surface area contributed by atoms with Gasteiger partial charge in [-0.2, -0.15) is 0 Å². The van der Waals surface area contributed by atoms with Crippen molar-refractivity contribution >= 4 is 16.8 Å². The maximum atomic E-state index is 12.4. The monoisotopic (exact) mass is 596 g/mol. The van der Waals surface area contributed by atoms with Crippen LogP contribution in [0, 0.1) is 13.8 Å². The van der Waals surface area contributed by atoms with Gasteiger partial charge in [0.1, 0.15) is 35.0 Å². The number of ether oxygens (including phenoxy) is 2. The second kappa shape index (κ2) is 10.6. The van der Waals surface area contributed by atoms with E-state index in [2.05, 4.69) is 4.98 Å². The number of aromatic nitrogens is 4. The average Bonchev–Trinajstić information content (AvgIpc) is 3.37. The van der Waals surface area contributed by atoms with Gasteiger partial charge < -0.3 is 44.6 Å². The van der Waals surface area contributed by atoms with E-state index in [9.17, 15) is 54.3 Å². The summed E-state index contributed by atoms with van der Waals surface area (Å²) in [5, 5.41) is 43.4. The summed E-state index contributed by atoms with van der Waals surface area (Å²) in [7, 11) is -2.68. The minimum absolute atomic E-state index is 0.0998. The fourth-order valence-corrected chi connectivity index (χ4v) is 10.1. The molecule has 0 saturated carbocycles. The lowest BCUT2D eigenvalue weighted by Crippen LogP contribution is -2.52. The Balaban J connectivity index is 1.71. The number of aliphatic hydroxyl groups is 4. The third kappa shape index (κ3) is 5.42. The molecule has 39 heavy (non-hydrogen) atoms. The summed E-state index contributed by atoms with van der Waals surface area (Å²) in [6, 6.07) is 0. The first-order valence-electron chi connectivity index (χ1n) is 11.5. The van der Waals surface area contributed by atoms with Gasteiger partial charge in [-0.05, 0) is 23.9 Å². The summed E-state index contributed by atoms with van der Waals surface area (Å²) in [4.78, 5) is 80.7. The summed E-state index contributed by atoms with van der Waals surface area (Å²) < 4.78 is 13.0. The Morgan fingerprint density at radius 2 is 1.54 bits per heavy atom. The smallest absolute Gasteiger partial charge is 0.330 e. The highest BCUT2D eigenvalue weighted by atomic mass is 32.5. The van der Waals surface area contributed by atoms with Crippen LogP contribution in [0.2, 0.25) is 0 Å². The molecule has 2 aromatic heterocycles. The van der Waals surface area contributed by atoms with Crippen LogP contribution in [-0.4, -0.2) is 89.5 Å². The molecular formula is C20H29N4O13PS. The molecule has 218 valence electrons. The molecule has 2 aromatic rings. The van der Waals surface area contributed by atoms with Crippen molar-refractivity contribution < 1.29 is 44.6 Å². The highest BCUT2D eigenvalue weighted by molar-refractivity contribution is 8.28. The van der Waals surface area contributed by atoms with Crippen LogP contribution in [0.15, 0.2) is 31.6 Å². The molecule has 19 heteroatoms. The molecule has 2 unspecified atom stereocenters. The van der Waals surface area contributed by atoms with Crippen molar-refractivity contribution in [3.8, 4) is 0 Å². The molecule has 4 heterocycles. The van der Waals surface area contributed by atoms with Crippen LogP contribution in [-0.2, 0) is 19.5 Å². The van der Waals surface area contributed by atoms with E-state index in [-0.39, 0.29) is 17.5 Å². The van der Waals surface area contributed by atoms with Crippen LogP contribution in [0.4, 0.5) is 0 Å². The van der Waals surface area contributed by atoms with Gasteiger partial charge in [-0.25, -0.2) is 9.59 Å². The molecule has 0 spiro atoms. The number of rotatable bonds is 6. The minimum atomic E-state index is -5.20. The largest absolute Gasteiger partial charge is 0.394 e. The predicted molar refractivity (Wildman–Crippen MR) is 134 cm³/mol. The Morgan fingerprint density at radius 3 is 2.03 bits per heavy atom. The lowest BCUT2D eigenvalue weighted by Gasteiger charge is -2.37. The Bertz CT molecular complexity index is 1550. The van der Waals surface area contributed by atoms with Gasteiger partial charge >= 0.3 is 11.4 Å². The van der Waals surface area contributed by atoms with Crippen molar-refractivity contribution in [1.29, 1.82) is 0 Å². The molecule has 2 fully saturated rings. The molecule has 8 atom stereocenters. The number of hydrogen-bond donors (Lipinski definition) is 9. The fraction of sp³-hybridized carbons (Fsp3) is 0.600. The van der Waals surface area contributed by atoms with E-state index in [1.807, 2.05) is 4.98 Å². The Hall–Kier alpha value is -2.22. The first-order chi connectivity index (χ1) is 18.1. The molecule has 9 N–H and O–H groups in total. The molecular weight excluding hydrogens is 567 g/mol. The summed E-state index contributed by atoms with van der Waals surface area (Å²) in [5.41, 5.74) is -5.08. The molecule has 17 nitrogen and oxygen atoms in total. The summed E-state index contributed by atoms with van der Waals surface area (Å²) >= 11 is 0. The minimum Gasteiger partial charge on any atom is -0.394 e. The molecule has 0 aromatic carbocycles. The zero-order valence-electron chi connectivity index (χ0n) is 20.6. The van der Waals surface area contributed by atoms with E-state index < -0.39 is 93.5 Å². The summed E-state index contributed by atoms with van der Waals surface area (Å²) in [5.74, 6) is 0. The normalized spacial score (nSPS) is 30.9. The maximum Gasteiger partial charge on any atom is 0.330 e. The van der Waals surface area contributed by atoms with Crippen LogP contribution in [0.5, 0.6) is 0 Å². The van der Waals surface area contributed by atoms with Crippen molar-refractivity contribution in [3.63, 3.8) is 0 Å². The van der Waals surface area contributed by atoms with Gasteiger partial charge in [-0.1, -0.05) is 0 Å². The number of aromatic amines is 2. The van der Waals surface area contributed by atoms with Gasteiger partial charge in [0.15, 0.2) is 0 Å². The first-order valence-corrected chi connectivity index (χ1v) is 15.1. The van der Waals surface area contributed by atoms with E-state index >= 15 is 0 Å². The van der Waals surface area contributed by atoms with Crippen LogP contribution < -0.4 is 22.5 Å². The molecule has 2 aliphatic heterocycles. The fourth-order valence-electron chi connectivity index (χ4n) is 4.69.